The summed E-state index contributed by atoms with van der Waals surface area (Å²) >= 11 is 6.03. The van der Waals surface area contributed by atoms with Gasteiger partial charge in [-0.3, -0.25) is 0 Å². The molecule has 0 aromatic heterocycles. The maximum absolute atomic E-state index is 12.7. The zero-order chi connectivity index (χ0) is 12.3. The third-order valence-corrected chi connectivity index (χ3v) is 2.99. The highest BCUT2D eigenvalue weighted by molar-refractivity contribution is 6.31. The average molecular weight is 250 g/mol. The molecule has 1 nitrogen and oxygen atoms in total. The van der Waals surface area contributed by atoms with E-state index in [4.69, 9.17) is 11.6 Å². The van der Waals surface area contributed by atoms with Gasteiger partial charge >= 0.3 is 0 Å². The highest BCUT2D eigenvalue weighted by Crippen LogP contribution is 2.20. The van der Waals surface area contributed by atoms with E-state index in [0.717, 1.165) is 21.8 Å². The fourth-order valence-corrected chi connectivity index (χ4v) is 1.69. The highest BCUT2D eigenvalue weighted by atomic mass is 35.5. The Balaban J connectivity index is 2.02. The molecule has 0 saturated carbocycles. The molecule has 2 rings (SSSR count). The first kappa shape index (κ1) is 11.9. The lowest BCUT2D eigenvalue weighted by atomic mass is 10.2. The first-order valence-corrected chi connectivity index (χ1v) is 5.77. The Kier molecular flexibility index (Phi) is 3.64. The summed E-state index contributed by atoms with van der Waals surface area (Å²) in [5.74, 6) is -0.216. The highest BCUT2D eigenvalue weighted by Gasteiger charge is 1.98. The second kappa shape index (κ2) is 5.19. The standard InChI is InChI=1S/C14H13ClFN/c1-10-2-7-13(8-14(10)15)17-9-11-3-5-12(16)6-4-11/h2-8,17H,9H2,1H3. The second-order valence-corrected chi connectivity index (χ2v) is 4.35. The zero-order valence-electron chi connectivity index (χ0n) is 9.50. The first-order valence-electron chi connectivity index (χ1n) is 5.39. The number of benzene rings is 2. The molecule has 2 aromatic carbocycles. The van der Waals surface area contributed by atoms with Crippen LogP contribution in [0.5, 0.6) is 0 Å². The van der Waals surface area contributed by atoms with Gasteiger partial charge in [0.2, 0.25) is 0 Å². The Morgan fingerprint density at radius 2 is 1.82 bits per heavy atom. The first-order chi connectivity index (χ1) is 8.15. The van der Waals surface area contributed by atoms with Crippen molar-refractivity contribution in [3.05, 3.63) is 64.4 Å². The predicted molar refractivity (Wildman–Crippen MR) is 69.9 cm³/mol. The molecule has 0 heterocycles. The smallest absolute Gasteiger partial charge is 0.123 e. The Labute approximate surface area is 105 Å². The summed E-state index contributed by atoms with van der Waals surface area (Å²) in [6.45, 7) is 2.62. The summed E-state index contributed by atoms with van der Waals surface area (Å²) < 4.78 is 12.7. The number of rotatable bonds is 3. The van der Waals surface area contributed by atoms with Crippen LogP contribution in [-0.2, 0) is 6.54 Å². The molecule has 17 heavy (non-hydrogen) atoms. The molecular formula is C14H13ClFN. The van der Waals surface area contributed by atoms with E-state index in [0.29, 0.717) is 6.54 Å². The van der Waals surface area contributed by atoms with E-state index in [-0.39, 0.29) is 5.82 Å². The predicted octanol–water partition coefficient (Wildman–Crippen LogP) is 4.40. The van der Waals surface area contributed by atoms with Gasteiger partial charge in [0, 0.05) is 17.3 Å². The van der Waals surface area contributed by atoms with Crippen LogP contribution in [0.4, 0.5) is 10.1 Å². The number of halogens is 2. The number of aryl methyl sites for hydroxylation is 1. The van der Waals surface area contributed by atoms with Crippen molar-refractivity contribution in [1.82, 2.24) is 0 Å². The fraction of sp³-hybridized carbons (Fsp3) is 0.143. The van der Waals surface area contributed by atoms with Gasteiger partial charge in [0.1, 0.15) is 5.82 Å². The van der Waals surface area contributed by atoms with Gasteiger partial charge < -0.3 is 5.32 Å². The minimum Gasteiger partial charge on any atom is -0.381 e. The summed E-state index contributed by atoms with van der Waals surface area (Å²) in [6, 6.07) is 12.3. The van der Waals surface area contributed by atoms with Gasteiger partial charge in [-0.15, -0.1) is 0 Å². The molecule has 0 atom stereocenters. The third-order valence-electron chi connectivity index (χ3n) is 2.58. The van der Waals surface area contributed by atoms with Crippen LogP contribution >= 0.6 is 11.6 Å². The monoisotopic (exact) mass is 249 g/mol. The van der Waals surface area contributed by atoms with Gasteiger partial charge in [0.05, 0.1) is 0 Å². The Bertz CT molecular complexity index is 508. The van der Waals surface area contributed by atoms with E-state index in [9.17, 15) is 4.39 Å². The maximum Gasteiger partial charge on any atom is 0.123 e. The third kappa shape index (κ3) is 3.21. The van der Waals surface area contributed by atoms with Crippen molar-refractivity contribution in [2.24, 2.45) is 0 Å². The van der Waals surface area contributed by atoms with Crippen LogP contribution in [0.2, 0.25) is 5.02 Å². The molecule has 0 amide bonds. The average Bonchev–Trinajstić information content (AvgIpc) is 2.33. The molecule has 0 spiro atoms. The van der Waals surface area contributed by atoms with Gasteiger partial charge in [-0.05, 0) is 42.3 Å². The molecule has 0 fully saturated rings. The lowest BCUT2D eigenvalue weighted by Gasteiger charge is -2.08. The molecule has 1 N–H and O–H groups in total. The lowest BCUT2D eigenvalue weighted by molar-refractivity contribution is 0.627. The van der Waals surface area contributed by atoms with Gasteiger partial charge in [0.25, 0.3) is 0 Å². The molecular weight excluding hydrogens is 237 g/mol. The summed E-state index contributed by atoms with van der Waals surface area (Å²) in [4.78, 5) is 0. The van der Waals surface area contributed by atoms with Gasteiger partial charge in [0.15, 0.2) is 0 Å². The van der Waals surface area contributed by atoms with E-state index in [1.54, 1.807) is 12.1 Å². The van der Waals surface area contributed by atoms with Crippen molar-refractivity contribution >= 4 is 17.3 Å². The van der Waals surface area contributed by atoms with Crippen molar-refractivity contribution in [2.45, 2.75) is 13.5 Å². The number of hydrogen-bond acceptors (Lipinski definition) is 1. The molecule has 0 bridgehead atoms. The summed E-state index contributed by atoms with van der Waals surface area (Å²) in [5, 5.41) is 3.99. The SMILES string of the molecule is Cc1ccc(NCc2ccc(F)cc2)cc1Cl. The minimum atomic E-state index is -0.216. The number of nitrogens with one attached hydrogen (secondary N) is 1. The number of anilines is 1. The molecule has 0 unspecified atom stereocenters. The minimum absolute atomic E-state index is 0.216. The van der Waals surface area contributed by atoms with E-state index in [1.165, 1.54) is 12.1 Å². The van der Waals surface area contributed by atoms with E-state index < -0.39 is 0 Å². The Morgan fingerprint density at radius 3 is 2.47 bits per heavy atom. The van der Waals surface area contributed by atoms with Crippen LogP contribution in [0.15, 0.2) is 42.5 Å². The van der Waals surface area contributed by atoms with Crippen LogP contribution in [0.1, 0.15) is 11.1 Å². The second-order valence-electron chi connectivity index (χ2n) is 3.94. The molecule has 3 heteroatoms. The molecule has 88 valence electrons. The van der Waals surface area contributed by atoms with Crippen LogP contribution in [0, 0.1) is 12.7 Å². The van der Waals surface area contributed by atoms with Gasteiger partial charge in [-0.2, -0.15) is 0 Å². The zero-order valence-corrected chi connectivity index (χ0v) is 10.3. The normalized spacial score (nSPS) is 10.3. The van der Waals surface area contributed by atoms with E-state index in [2.05, 4.69) is 5.32 Å². The summed E-state index contributed by atoms with van der Waals surface area (Å²) in [5.41, 5.74) is 3.05. The quantitative estimate of drug-likeness (QED) is 0.850. The molecule has 0 aliphatic heterocycles. The largest absolute Gasteiger partial charge is 0.381 e. The maximum atomic E-state index is 12.7. The van der Waals surface area contributed by atoms with Gasteiger partial charge in [-0.1, -0.05) is 29.8 Å². The van der Waals surface area contributed by atoms with E-state index in [1.807, 2.05) is 25.1 Å². The molecule has 2 aromatic rings. The van der Waals surface area contributed by atoms with Crippen LogP contribution < -0.4 is 5.32 Å². The van der Waals surface area contributed by atoms with Crippen molar-refractivity contribution in [2.75, 3.05) is 5.32 Å². The Hall–Kier alpha value is -1.54. The number of hydrogen-bond donors (Lipinski definition) is 1. The van der Waals surface area contributed by atoms with Crippen molar-refractivity contribution in [1.29, 1.82) is 0 Å². The van der Waals surface area contributed by atoms with Gasteiger partial charge in [-0.25, -0.2) is 4.39 Å². The van der Waals surface area contributed by atoms with Crippen LogP contribution in [-0.4, -0.2) is 0 Å². The lowest BCUT2D eigenvalue weighted by Crippen LogP contribution is -1.99. The fourth-order valence-electron chi connectivity index (χ4n) is 1.51. The van der Waals surface area contributed by atoms with Crippen molar-refractivity contribution in [3.8, 4) is 0 Å². The van der Waals surface area contributed by atoms with Crippen LogP contribution in [0.25, 0.3) is 0 Å². The summed E-state index contributed by atoms with van der Waals surface area (Å²) in [7, 11) is 0. The topological polar surface area (TPSA) is 12.0 Å². The molecule has 0 aliphatic carbocycles. The molecule has 0 radical (unpaired) electrons. The van der Waals surface area contributed by atoms with Crippen LogP contribution in [0.3, 0.4) is 0 Å². The van der Waals surface area contributed by atoms with Crippen molar-refractivity contribution < 1.29 is 4.39 Å². The Morgan fingerprint density at radius 1 is 1.12 bits per heavy atom. The van der Waals surface area contributed by atoms with Crippen molar-refractivity contribution in [3.63, 3.8) is 0 Å². The molecule has 0 aliphatic rings. The molecule has 0 saturated heterocycles. The summed E-state index contributed by atoms with van der Waals surface area (Å²) in [6.07, 6.45) is 0. The van der Waals surface area contributed by atoms with E-state index >= 15 is 0 Å².